The highest BCUT2D eigenvalue weighted by atomic mass is 32.2. The number of methoxy groups -OCH3 is 1. The number of ether oxygens (including phenoxy) is 3. The first kappa shape index (κ1) is 19.8. The molecule has 0 atom stereocenters. The summed E-state index contributed by atoms with van der Waals surface area (Å²) in [5.74, 6) is 1.78. The number of hydrogen-bond acceptors (Lipinski definition) is 6. The number of rotatable bonds is 6. The molecule has 146 valence electrons. The van der Waals surface area contributed by atoms with E-state index in [0.717, 1.165) is 36.0 Å². The summed E-state index contributed by atoms with van der Waals surface area (Å²) in [6.07, 6.45) is 2.84. The van der Waals surface area contributed by atoms with Crippen LogP contribution in [0.3, 0.4) is 0 Å². The van der Waals surface area contributed by atoms with Crippen LogP contribution in [0.2, 0.25) is 0 Å². The van der Waals surface area contributed by atoms with E-state index in [-0.39, 0.29) is 5.91 Å². The molecule has 2 heterocycles. The molecule has 0 radical (unpaired) electrons. The summed E-state index contributed by atoms with van der Waals surface area (Å²) in [6, 6.07) is 5.71. The van der Waals surface area contributed by atoms with E-state index in [2.05, 4.69) is 23.7 Å². The van der Waals surface area contributed by atoms with Crippen molar-refractivity contribution < 1.29 is 19.0 Å². The third kappa shape index (κ3) is 5.26. The molecule has 0 aliphatic carbocycles. The van der Waals surface area contributed by atoms with Crippen LogP contribution >= 0.6 is 11.8 Å². The molecule has 0 unspecified atom stereocenters. The number of amidine groups is 1. The monoisotopic (exact) mass is 390 g/mol. The van der Waals surface area contributed by atoms with Crippen LogP contribution in [0.5, 0.6) is 11.5 Å². The van der Waals surface area contributed by atoms with Crippen molar-refractivity contribution in [2.24, 2.45) is 10.9 Å². The number of hydrogen-bond donors (Lipinski definition) is 0. The van der Waals surface area contributed by atoms with Gasteiger partial charge in [0.2, 0.25) is 0 Å². The minimum atomic E-state index is -0.197. The second-order valence-electron chi connectivity index (χ2n) is 6.85. The molecule has 1 fully saturated rings. The molecular formula is C20H26N2O4S. The van der Waals surface area contributed by atoms with Gasteiger partial charge in [0.15, 0.2) is 16.7 Å². The summed E-state index contributed by atoms with van der Waals surface area (Å²) < 4.78 is 16.6. The minimum absolute atomic E-state index is 0.197. The average Bonchev–Trinajstić information content (AvgIpc) is 3.03. The molecule has 0 N–H and O–H groups in total. The van der Waals surface area contributed by atoms with Crippen LogP contribution in [-0.2, 0) is 9.53 Å². The fourth-order valence-electron chi connectivity index (χ4n) is 2.74. The Bertz CT molecular complexity index is 739. The maximum absolute atomic E-state index is 12.3. The van der Waals surface area contributed by atoms with Gasteiger partial charge in [-0.1, -0.05) is 19.9 Å². The fourth-order valence-corrected chi connectivity index (χ4v) is 3.70. The summed E-state index contributed by atoms with van der Waals surface area (Å²) in [5, 5.41) is 0.759. The first-order chi connectivity index (χ1) is 13.1. The van der Waals surface area contributed by atoms with Crippen LogP contribution < -0.4 is 9.47 Å². The Kier molecular flexibility index (Phi) is 6.79. The topological polar surface area (TPSA) is 60.4 Å². The Morgan fingerprint density at radius 1 is 1.30 bits per heavy atom. The number of thioether (sulfide) groups is 1. The number of carbonyl (C=O) groups excluding carboxylic acids is 1. The molecule has 7 heteroatoms. The standard InChI is InChI=1S/C20H26N2O4S/c1-14(2)6-9-26-16-5-4-15(12-17(16)24-3)13-18-19(23)21-20(27-18)22-7-10-25-11-8-22/h4-5,12-14H,6-11H2,1-3H3. The maximum atomic E-state index is 12.3. The van der Waals surface area contributed by atoms with Crippen molar-refractivity contribution in [2.75, 3.05) is 40.0 Å². The highest BCUT2D eigenvalue weighted by molar-refractivity contribution is 8.18. The number of carbonyl (C=O) groups is 1. The Balaban J connectivity index is 1.68. The van der Waals surface area contributed by atoms with Crippen molar-refractivity contribution in [3.8, 4) is 11.5 Å². The quantitative estimate of drug-likeness (QED) is 0.694. The first-order valence-electron chi connectivity index (χ1n) is 9.23. The number of benzene rings is 1. The van der Waals surface area contributed by atoms with Crippen molar-refractivity contribution in [1.29, 1.82) is 0 Å². The first-order valence-corrected chi connectivity index (χ1v) is 10.0. The summed E-state index contributed by atoms with van der Waals surface area (Å²) >= 11 is 1.41. The van der Waals surface area contributed by atoms with Gasteiger partial charge in [0.25, 0.3) is 5.91 Å². The zero-order chi connectivity index (χ0) is 19.2. The fraction of sp³-hybridized carbons (Fsp3) is 0.500. The van der Waals surface area contributed by atoms with Gasteiger partial charge in [-0.15, -0.1) is 0 Å². The molecule has 2 aliphatic heterocycles. The lowest BCUT2D eigenvalue weighted by molar-refractivity contribution is -0.113. The van der Waals surface area contributed by atoms with Gasteiger partial charge in [-0.25, -0.2) is 0 Å². The van der Waals surface area contributed by atoms with Crippen molar-refractivity contribution in [2.45, 2.75) is 20.3 Å². The lowest BCUT2D eigenvalue weighted by atomic mass is 10.1. The van der Waals surface area contributed by atoms with Crippen LogP contribution in [0.25, 0.3) is 6.08 Å². The smallest absolute Gasteiger partial charge is 0.286 e. The Hall–Kier alpha value is -1.99. The molecule has 2 aliphatic rings. The molecule has 6 nitrogen and oxygen atoms in total. The number of amides is 1. The van der Waals surface area contributed by atoms with Crippen LogP contribution in [-0.4, -0.2) is 56.0 Å². The third-order valence-electron chi connectivity index (χ3n) is 4.33. The van der Waals surface area contributed by atoms with E-state index < -0.39 is 0 Å². The van der Waals surface area contributed by atoms with Gasteiger partial charge in [0.05, 0.1) is 31.8 Å². The molecule has 0 saturated carbocycles. The van der Waals surface area contributed by atoms with Crippen LogP contribution in [0.15, 0.2) is 28.1 Å². The summed E-state index contributed by atoms with van der Waals surface area (Å²) in [7, 11) is 1.62. The van der Waals surface area contributed by atoms with E-state index in [4.69, 9.17) is 14.2 Å². The van der Waals surface area contributed by atoms with Gasteiger partial charge in [-0.3, -0.25) is 4.79 Å². The van der Waals surface area contributed by atoms with E-state index in [0.29, 0.717) is 36.4 Å². The molecule has 0 aromatic heterocycles. The molecular weight excluding hydrogens is 364 g/mol. The van der Waals surface area contributed by atoms with Gasteiger partial charge in [0, 0.05) is 13.1 Å². The SMILES string of the molecule is COc1cc(C=C2SC(N3CCOCC3)=NC2=O)ccc1OCCC(C)C. The van der Waals surface area contributed by atoms with Gasteiger partial charge in [-0.05, 0) is 47.9 Å². The van der Waals surface area contributed by atoms with E-state index in [1.165, 1.54) is 11.8 Å². The average molecular weight is 391 g/mol. The molecule has 1 amide bonds. The van der Waals surface area contributed by atoms with Crippen molar-refractivity contribution >= 4 is 28.9 Å². The summed E-state index contributed by atoms with van der Waals surface area (Å²) in [6.45, 7) is 7.86. The largest absolute Gasteiger partial charge is 0.493 e. The summed E-state index contributed by atoms with van der Waals surface area (Å²) in [5.41, 5.74) is 0.886. The van der Waals surface area contributed by atoms with Crippen LogP contribution in [0, 0.1) is 5.92 Å². The lowest BCUT2D eigenvalue weighted by Crippen LogP contribution is -2.38. The van der Waals surface area contributed by atoms with E-state index in [1.807, 2.05) is 24.3 Å². The highest BCUT2D eigenvalue weighted by Gasteiger charge is 2.27. The molecule has 3 rings (SSSR count). The molecule has 1 saturated heterocycles. The Morgan fingerprint density at radius 3 is 2.78 bits per heavy atom. The van der Waals surface area contributed by atoms with Crippen molar-refractivity contribution in [1.82, 2.24) is 4.90 Å². The molecule has 1 aromatic carbocycles. The van der Waals surface area contributed by atoms with Crippen LogP contribution in [0.1, 0.15) is 25.8 Å². The molecule has 0 bridgehead atoms. The Morgan fingerprint density at radius 2 is 2.07 bits per heavy atom. The van der Waals surface area contributed by atoms with Crippen LogP contribution in [0.4, 0.5) is 0 Å². The number of aliphatic imine (C=N–C) groups is 1. The Labute approximate surface area is 164 Å². The van der Waals surface area contributed by atoms with Gasteiger partial charge < -0.3 is 19.1 Å². The molecule has 27 heavy (non-hydrogen) atoms. The zero-order valence-corrected chi connectivity index (χ0v) is 16.9. The van der Waals surface area contributed by atoms with E-state index >= 15 is 0 Å². The lowest BCUT2D eigenvalue weighted by Gasteiger charge is -2.27. The molecule has 1 aromatic rings. The normalized spacial score (nSPS) is 19.0. The second kappa shape index (κ2) is 9.28. The highest BCUT2D eigenvalue weighted by Crippen LogP contribution is 2.33. The van der Waals surface area contributed by atoms with E-state index in [9.17, 15) is 4.79 Å². The number of morpholine rings is 1. The molecule has 0 spiro atoms. The predicted molar refractivity (Wildman–Crippen MR) is 108 cm³/mol. The maximum Gasteiger partial charge on any atom is 0.286 e. The van der Waals surface area contributed by atoms with Gasteiger partial charge >= 0.3 is 0 Å². The van der Waals surface area contributed by atoms with Gasteiger partial charge in [0.1, 0.15) is 0 Å². The van der Waals surface area contributed by atoms with Gasteiger partial charge in [-0.2, -0.15) is 4.99 Å². The summed E-state index contributed by atoms with van der Waals surface area (Å²) in [4.78, 5) is 19.2. The second-order valence-corrected chi connectivity index (χ2v) is 7.86. The number of nitrogens with zero attached hydrogens (tertiary/aromatic N) is 2. The predicted octanol–water partition coefficient (Wildman–Crippen LogP) is 3.42. The minimum Gasteiger partial charge on any atom is -0.493 e. The zero-order valence-electron chi connectivity index (χ0n) is 16.1. The van der Waals surface area contributed by atoms with Crippen molar-refractivity contribution in [3.63, 3.8) is 0 Å². The third-order valence-corrected chi connectivity index (χ3v) is 5.37. The van der Waals surface area contributed by atoms with Crippen molar-refractivity contribution in [3.05, 3.63) is 28.7 Å². The van der Waals surface area contributed by atoms with E-state index in [1.54, 1.807) is 7.11 Å².